The highest BCUT2D eigenvalue weighted by Crippen LogP contribution is 2.16. The number of aromatic nitrogens is 3. The first kappa shape index (κ1) is 15.2. The second kappa shape index (κ2) is 6.17. The second-order valence-corrected chi connectivity index (χ2v) is 6.24. The zero-order valence-corrected chi connectivity index (χ0v) is 13.1. The third kappa shape index (κ3) is 3.21. The lowest BCUT2D eigenvalue weighted by molar-refractivity contribution is -0.116. The standard InChI is InChI=1S/C15H14N4O3S/c1-9-8-16-14(23-9)17-12(20)6-7-19-11-5-3-2-4-10(11)13(21)18-15(19)22/h2-5,8H,6-7H2,1H3,(H,16,17,20)(H,18,21,22). The number of aromatic amines is 1. The highest BCUT2D eigenvalue weighted by atomic mass is 32.1. The third-order valence-electron chi connectivity index (χ3n) is 3.34. The molecular formula is C15H14N4O3S. The molecule has 1 aromatic carbocycles. The molecule has 23 heavy (non-hydrogen) atoms. The van der Waals surface area contributed by atoms with Crippen LogP contribution in [0.3, 0.4) is 0 Å². The van der Waals surface area contributed by atoms with Gasteiger partial charge in [-0.05, 0) is 19.1 Å². The predicted octanol–water partition coefficient (Wildman–Crippen LogP) is 1.48. The Morgan fingerprint density at radius 2 is 2.13 bits per heavy atom. The fourth-order valence-electron chi connectivity index (χ4n) is 2.27. The zero-order chi connectivity index (χ0) is 16.4. The van der Waals surface area contributed by atoms with Crippen molar-refractivity contribution in [3.05, 3.63) is 56.2 Å². The van der Waals surface area contributed by atoms with Crippen LogP contribution >= 0.6 is 11.3 Å². The molecule has 0 unspecified atom stereocenters. The van der Waals surface area contributed by atoms with Crippen molar-refractivity contribution in [2.24, 2.45) is 0 Å². The van der Waals surface area contributed by atoms with Crippen molar-refractivity contribution in [3.63, 3.8) is 0 Å². The van der Waals surface area contributed by atoms with E-state index in [1.54, 1.807) is 30.5 Å². The van der Waals surface area contributed by atoms with Gasteiger partial charge in [0.2, 0.25) is 5.91 Å². The number of H-pyrrole nitrogens is 1. The van der Waals surface area contributed by atoms with Crippen LogP contribution in [0, 0.1) is 6.92 Å². The Hall–Kier alpha value is -2.74. The minimum Gasteiger partial charge on any atom is -0.302 e. The minimum absolute atomic E-state index is 0.106. The number of carbonyl (C=O) groups is 1. The fraction of sp³-hybridized carbons (Fsp3) is 0.200. The number of fused-ring (bicyclic) bond motifs is 1. The Morgan fingerprint density at radius 3 is 2.87 bits per heavy atom. The van der Waals surface area contributed by atoms with Gasteiger partial charge in [-0.3, -0.25) is 19.1 Å². The molecule has 0 saturated carbocycles. The third-order valence-corrected chi connectivity index (χ3v) is 4.16. The predicted molar refractivity (Wildman–Crippen MR) is 88.9 cm³/mol. The number of nitrogens with zero attached hydrogens (tertiary/aromatic N) is 2. The van der Waals surface area contributed by atoms with Gasteiger partial charge >= 0.3 is 5.69 Å². The van der Waals surface area contributed by atoms with Gasteiger partial charge in [0, 0.05) is 24.0 Å². The van der Waals surface area contributed by atoms with Gasteiger partial charge in [0.1, 0.15) is 0 Å². The lowest BCUT2D eigenvalue weighted by Crippen LogP contribution is -2.31. The van der Waals surface area contributed by atoms with Gasteiger partial charge in [0.15, 0.2) is 5.13 Å². The normalized spacial score (nSPS) is 10.8. The minimum atomic E-state index is -0.522. The highest BCUT2D eigenvalue weighted by molar-refractivity contribution is 7.15. The maximum absolute atomic E-state index is 12.0. The van der Waals surface area contributed by atoms with Crippen LogP contribution in [0.2, 0.25) is 0 Å². The number of para-hydroxylation sites is 1. The molecule has 2 aromatic heterocycles. The van der Waals surface area contributed by atoms with Crippen LogP contribution in [0.15, 0.2) is 40.1 Å². The van der Waals surface area contributed by atoms with Gasteiger partial charge < -0.3 is 5.32 Å². The molecule has 2 heterocycles. The summed E-state index contributed by atoms with van der Waals surface area (Å²) in [6.45, 7) is 2.08. The first-order chi connectivity index (χ1) is 11.0. The Bertz CT molecular complexity index is 986. The molecule has 0 bridgehead atoms. The van der Waals surface area contributed by atoms with Crippen molar-refractivity contribution < 1.29 is 4.79 Å². The smallest absolute Gasteiger partial charge is 0.302 e. The number of anilines is 1. The number of hydrogen-bond acceptors (Lipinski definition) is 5. The molecule has 7 nitrogen and oxygen atoms in total. The van der Waals surface area contributed by atoms with Gasteiger partial charge in [-0.25, -0.2) is 9.78 Å². The largest absolute Gasteiger partial charge is 0.328 e. The molecule has 0 saturated heterocycles. The van der Waals surface area contributed by atoms with E-state index in [1.807, 2.05) is 6.92 Å². The Kier molecular flexibility index (Phi) is 4.07. The van der Waals surface area contributed by atoms with Crippen molar-refractivity contribution in [1.82, 2.24) is 14.5 Å². The lowest BCUT2D eigenvalue weighted by Gasteiger charge is -2.08. The zero-order valence-electron chi connectivity index (χ0n) is 12.3. The molecule has 2 N–H and O–H groups in total. The number of benzene rings is 1. The maximum Gasteiger partial charge on any atom is 0.328 e. The summed E-state index contributed by atoms with van der Waals surface area (Å²) in [4.78, 5) is 43.1. The quantitative estimate of drug-likeness (QED) is 0.757. The second-order valence-electron chi connectivity index (χ2n) is 5.00. The molecule has 0 aliphatic carbocycles. The number of thiazole rings is 1. The molecule has 0 spiro atoms. The Morgan fingerprint density at radius 1 is 1.35 bits per heavy atom. The van der Waals surface area contributed by atoms with Crippen molar-refractivity contribution in [2.75, 3.05) is 5.32 Å². The van der Waals surface area contributed by atoms with Gasteiger partial charge in [-0.2, -0.15) is 0 Å². The topological polar surface area (TPSA) is 96.8 Å². The van der Waals surface area contributed by atoms with Crippen LogP contribution in [0.25, 0.3) is 10.9 Å². The Balaban J connectivity index is 1.81. The molecule has 0 atom stereocenters. The van der Waals surface area contributed by atoms with E-state index >= 15 is 0 Å². The monoisotopic (exact) mass is 330 g/mol. The summed E-state index contributed by atoms with van der Waals surface area (Å²) < 4.78 is 1.39. The maximum atomic E-state index is 12.0. The van der Waals surface area contributed by atoms with Gasteiger partial charge in [-0.1, -0.05) is 12.1 Å². The summed E-state index contributed by atoms with van der Waals surface area (Å²) in [7, 11) is 0. The van der Waals surface area contributed by atoms with Crippen molar-refractivity contribution in [1.29, 1.82) is 0 Å². The molecule has 0 fully saturated rings. The molecule has 3 rings (SSSR count). The summed E-state index contributed by atoms with van der Waals surface area (Å²) in [5.41, 5.74) is -0.435. The van der Waals surface area contributed by atoms with Crippen molar-refractivity contribution >= 4 is 33.3 Å². The van der Waals surface area contributed by atoms with E-state index in [0.717, 1.165) is 4.88 Å². The van der Waals surface area contributed by atoms with E-state index < -0.39 is 11.2 Å². The fourth-order valence-corrected chi connectivity index (χ4v) is 2.95. The van der Waals surface area contributed by atoms with E-state index in [-0.39, 0.29) is 18.9 Å². The molecule has 0 aliphatic heterocycles. The molecule has 1 amide bonds. The van der Waals surface area contributed by atoms with Crippen molar-refractivity contribution in [2.45, 2.75) is 19.9 Å². The van der Waals surface area contributed by atoms with Gasteiger partial charge in [-0.15, -0.1) is 11.3 Å². The van der Waals surface area contributed by atoms with E-state index in [4.69, 9.17) is 0 Å². The van der Waals surface area contributed by atoms with Crippen LogP contribution in [0.1, 0.15) is 11.3 Å². The molecule has 0 radical (unpaired) electrons. The van der Waals surface area contributed by atoms with E-state index in [9.17, 15) is 14.4 Å². The number of carbonyl (C=O) groups excluding carboxylic acids is 1. The summed E-state index contributed by atoms with van der Waals surface area (Å²) in [6, 6.07) is 6.80. The van der Waals surface area contributed by atoms with Crippen molar-refractivity contribution in [3.8, 4) is 0 Å². The number of amides is 1. The molecular weight excluding hydrogens is 316 g/mol. The number of hydrogen-bond donors (Lipinski definition) is 2. The summed E-state index contributed by atoms with van der Waals surface area (Å²) in [5, 5.41) is 3.65. The van der Waals surface area contributed by atoms with Crippen LogP contribution < -0.4 is 16.6 Å². The Labute approximate surface area is 134 Å². The van der Waals surface area contributed by atoms with E-state index in [2.05, 4.69) is 15.3 Å². The molecule has 8 heteroatoms. The highest BCUT2D eigenvalue weighted by Gasteiger charge is 2.10. The van der Waals surface area contributed by atoms with Crippen LogP contribution in [0.5, 0.6) is 0 Å². The molecule has 3 aromatic rings. The number of rotatable bonds is 4. The number of aryl methyl sites for hydroxylation is 2. The van der Waals surface area contributed by atoms with Crippen LogP contribution in [-0.4, -0.2) is 20.4 Å². The first-order valence-corrected chi connectivity index (χ1v) is 7.80. The van der Waals surface area contributed by atoms with E-state index in [1.165, 1.54) is 15.9 Å². The summed E-state index contributed by atoms with van der Waals surface area (Å²) in [5.74, 6) is -0.235. The summed E-state index contributed by atoms with van der Waals surface area (Å²) in [6.07, 6.45) is 1.79. The van der Waals surface area contributed by atoms with Crippen LogP contribution in [0.4, 0.5) is 5.13 Å². The number of nitrogens with one attached hydrogen (secondary N) is 2. The molecule has 118 valence electrons. The SMILES string of the molecule is Cc1cnc(NC(=O)CCn2c(=O)[nH]c(=O)c3ccccc32)s1. The van der Waals surface area contributed by atoms with Gasteiger partial charge in [0.05, 0.1) is 10.9 Å². The van der Waals surface area contributed by atoms with Crippen LogP contribution in [-0.2, 0) is 11.3 Å². The molecule has 0 aliphatic rings. The summed E-state index contributed by atoms with van der Waals surface area (Å²) >= 11 is 1.39. The average molecular weight is 330 g/mol. The lowest BCUT2D eigenvalue weighted by atomic mass is 10.2. The van der Waals surface area contributed by atoms with E-state index in [0.29, 0.717) is 16.0 Å². The first-order valence-electron chi connectivity index (χ1n) is 6.99. The van der Waals surface area contributed by atoms with Gasteiger partial charge in [0.25, 0.3) is 5.56 Å². The average Bonchev–Trinajstić information content (AvgIpc) is 2.92.